The van der Waals surface area contributed by atoms with Crippen LogP contribution in [0.1, 0.15) is 24.5 Å². The van der Waals surface area contributed by atoms with Crippen LogP contribution in [-0.2, 0) is 22.6 Å². The number of urea groups is 1. The summed E-state index contributed by atoms with van der Waals surface area (Å²) >= 11 is 1.61. The van der Waals surface area contributed by atoms with E-state index in [9.17, 15) is 14.4 Å². The predicted molar refractivity (Wildman–Crippen MR) is 106 cm³/mol. The van der Waals surface area contributed by atoms with E-state index in [4.69, 9.17) is 0 Å². The first-order valence-electron chi connectivity index (χ1n) is 9.20. The Morgan fingerprint density at radius 3 is 2.64 bits per heavy atom. The third kappa shape index (κ3) is 4.76. The lowest BCUT2D eigenvalue weighted by atomic mass is 9.93. The number of benzene rings is 1. The largest absolute Gasteiger partial charge is 0.344 e. The molecule has 2 heterocycles. The first-order chi connectivity index (χ1) is 13.4. The van der Waals surface area contributed by atoms with Gasteiger partial charge in [-0.1, -0.05) is 30.3 Å². The van der Waals surface area contributed by atoms with Crippen molar-refractivity contribution in [2.45, 2.75) is 31.8 Å². The van der Waals surface area contributed by atoms with Crippen molar-refractivity contribution in [3.05, 3.63) is 58.3 Å². The molecule has 1 aliphatic rings. The molecule has 0 spiro atoms. The zero-order valence-corrected chi connectivity index (χ0v) is 16.8. The minimum atomic E-state index is -1.03. The highest BCUT2D eigenvalue weighted by Gasteiger charge is 2.48. The van der Waals surface area contributed by atoms with E-state index in [0.29, 0.717) is 19.4 Å². The Balaban J connectivity index is 1.54. The summed E-state index contributed by atoms with van der Waals surface area (Å²) in [6.45, 7) is 2.55. The Morgan fingerprint density at radius 2 is 1.96 bits per heavy atom. The van der Waals surface area contributed by atoms with Crippen LogP contribution in [-0.4, -0.2) is 42.0 Å². The van der Waals surface area contributed by atoms with E-state index in [0.717, 1.165) is 21.0 Å². The summed E-state index contributed by atoms with van der Waals surface area (Å²) in [5.74, 6) is -0.805. The maximum Gasteiger partial charge on any atom is 0.344 e. The van der Waals surface area contributed by atoms with Crippen LogP contribution in [0, 0.1) is 0 Å². The van der Waals surface area contributed by atoms with Crippen molar-refractivity contribution in [2.75, 3.05) is 13.6 Å². The molecule has 148 valence electrons. The number of thiophene rings is 1. The molecule has 1 saturated heterocycles. The van der Waals surface area contributed by atoms with Gasteiger partial charge in [-0.3, -0.25) is 15.0 Å². The Hall–Kier alpha value is -2.71. The molecule has 1 aromatic heterocycles. The molecule has 4 amide bonds. The second kappa shape index (κ2) is 8.53. The van der Waals surface area contributed by atoms with E-state index in [1.54, 1.807) is 18.3 Å². The van der Waals surface area contributed by atoms with Crippen LogP contribution in [0.4, 0.5) is 4.79 Å². The second-order valence-electron chi connectivity index (χ2n) is 7.37. The highest BCUT2D eigenvalue weighted by atomic mass is 32.1. The van der Waals surface area contributed by atoms with Gasteiger partial charge in [0.2, 0.25) is 0 Å². The number of carbonyl (C=O) groups is 3. The lowest BCUT2D eigenvalue weighted by molar-refractivity contribution is -0.885. The highest BCUT2D eigenvalue weighted by Crippen LogP contribution is 2.22. The summed E-state index contributed by atoms with van der Waals surface area (Å²) in [5.41, 5.74) is 3.67. The van der Waals surface area contributed by atoms with Crippen LogP contribution in [0.5, 0.6) is 0 Å². The first kappa shape index (κ1) is 20.0. The molecule has 2 aromatic rings. The van der Waals surface area contributed by atoms with Crippen LogP contribution >= 0.6 is 11.3 Å². The molecule has 0 bridgehead atoms. The number of quaternary nitrogens is 1. The molecule has 0 aliphatic carbocycles. The predicted octanol–water partition coefficient (Wildman–Crippen LogP) is 0.737. The molecule has 1 aromatic carbocycles. The zero-order valence-electron chi connectivity index (χ0n) is 16.0. The van der Waals surface area contributed by atoms with Gasteiger partial charge in [-0.25, -0.2) is 4.79 Å². The van der Waals surface area contributed by atoms with E-state index in [1.165, 1.54) is 0 Å². The summed E-state index contributed by atoms with van der Waals surface area (Å²) in [7, 11) is 1.90. The molecule has 28 heavy (non-hydrogen) atoms. The summed E-state index contributed by atoms with van der Waals surface area (Å²) in [5, 5.41) is 7.55. The van der Waals surface area contributed by atoms with Crippen molar-refractivity contribution in [3.8, 4) is 0 Å². The van der Waals surface area contributed by atoms with Crippen LogP contribution in [0.2, 0.25) is 0 Å². The summed E-state index contributed by atoms with van der Waals surface area (Å²) < 4.78 is 0. The minimum absolute atomic E-state index is 0.160. The first-order valence-corrected chi connectivity index (χ1v) is 10.1. The SMILES string of the molecule is C[NH+](CC(=O)NN1C(=O)N[C@@](C)(CCc2ccccc2)C1=O)Cc1ccsc1. The summed E-state index contributed by atoms with van der Waals surface area (Å²) in [6.07, 6.45) is 1.11. The number of nitrogens with zero attached hydrogens (tertiary/aromatic N) is 1. The minimum Gasteiger partial charge on any atom is -0.326 e. The van der Waals surface area contributed by atoms with Crippen LogP contribution < -0.4 is 15.6 Å². The van der Waals surface area contributed by atoms with Gasteiger partial charge in [-0.2, -0.15) is 16.3 Å². The number of imide groups is 1. The molecule has 0 saturated carbocycles. The molecule has 1 unspecified atom stereocenters. The zero-order chi connectivity index (χ0) is 20.1. The molecule has 1 fully saturated rings. The Kier molecular flexibility index (Phi) is 6.11. The number of hydrogen-bond acceptors (Lipinski definition) is 4. The number of hydrazine groups is 1. The average Bonchev–Trinajstić information content (AvgIpc) is 3.23. The summed E-state index contributed by atoms with van der Waals surface area (Å²) in [6, 6.07) is 11.2. The number of amides is 4. The summed E-state index contributed by atoms with van der Waals surface area (Å²) in [4.78, 5) is 38.3. The van der Waals surface area contributed by atoms with Gasteiger partial charge in [0.1, 0.15) is 12.1 Å². The van der Waals surface area contributed by atoms with E-state index in [2.05, 4.69) is 10.7 Å². The van der Waals surface area contributed by atoms with Crippen LogP contribution in [0.3, 0.4) is 0 Å². The van der Waals surface area contributed by atoms with E-state index in [-0.39, 0.29) is 12.5 Å². The lowest BCUT2D eigenvalue weighted by Gasteiger charge is -2.22. The smallest absolute Gasteiger partial charge is 0.326 e. The fourth-order valence-electron chi connectivity index (χ4n) is 3.24. The number of rotatable bonds is 8. The number of carbonyl (C=O) groups excluding carboxylic acids is 3. The Bertz CT molecular complexity index is 840. The average molecular weight is 402 g/mol. The molecule has 1 aliphatic heterocycles. The third-order valence-corrected chi connectivity index (χ3v) is 5.53. The molecule has 3 rings (SSSR count). The molecular formula is C20H25N4O3S+. The fourth-order valence-corrected chi connectivity index (χ4v) is 3.91. The number of aryl methyl sites for hydroxylation is 1. The van der Waals surface area contributed by atoms with Gasteiger partial charge in [-0.05, 0) is 42.2 Å². The molecular weight excluding hydrogens is 376 g/mol. The number of hydrogen-bond donors (Lipinski definition) is 3. The van der Waals surface area contributed by atoms with Crippen molar-refractivity contribution in [2.24, 2.45) is 0 Å². The second-order valence-corrected chi connectivity index (χ2v) is 8.15. The van der Waals surface area contributed by atoms with Crippen molar-refractivity contribution in [1.82, 2.24) is 15.8 Å². The molecule has 2 atom stereocenters. The maximum absolute atomic E-state index is 12.8. The monoisotopic (exact) mass is 401 g/mol. The molecule has 0 radical (unpaired) electrons. The molecule has 3 N–H and O–H groups in total. The Morgan fingerprint density at radius 1 is 1.21 bits per heavy atom. The lowest BCUT2D eigenvalue weighted by Crippen LogP contribution is -3.09. The van der Waals surface area contributed by atoms with E-state index < -0.39 is 17.5 Å². The van der Waals surface area contributed by atoms with Crippen molar-refractivity contribution in [1.29, 1.82) is 0 Å². The number of likely N-dealkylation sites (N-methyl/N-ethyl adjacent to an activating group) is 1. The van der Waals surface area contributed by atoms with Gasteiger partial charge in [0.25, 0.3) is 11.8 Å². The van der Waals surface area contributed by atoms with E-state index in [1.807, 2.05) is 54.2 Å². The molecule has 7 nitrogen and oxygen atoms in total. The standard InChI is InChI=1S/C20H24N4O3S/c1-20(10-8-15-6-4-3-5-7-15)18(26)24(19(27)21-20)22-17(25)13-23(2)12-16-9-11-28-14-16/h3-7,9,11,14H,8,10,12-13H2,1-2H3,(H,21,27)(H,22,25)/p+1/t20-/m0/s1. The van der Waals surface area contributed by atoms with Gasteiger partial charge < -0.3 is 10.2 Å². The van der Waals surface area contributed by atoms with Gasteiger partial charge in [0.15, 0.2) is 6.54 Å². The van der Waals surface area contributed by atoms with Crippen LogP contribution in [0.25, 0.3) is 0 Å². The maximum atomic E-state index is 12.8. The van der Waals surface area contributed by atoms with E-state index >= 15 is 0 Å². The Labute approximate surface area is 168 Å². The quantitative estimate of drug-likeness (QED) is 0.571. The van der Waals surface area contributed by atoms with Gasteiger partial charge >= 0.3 is 6.03 Å². The number of nitrogens with one attached hydrogen (secondary N) is 3. The van der Waals surface area contributed by atoms with Crippen molar-refractivity contribution >= 4 is 29.2 Å². The van der Waals surface area contributed by atoms with Gasteiger partial charge in [0.05, 0.1) is 7.05 Å². The van der Waals surface area contributed by atoms with Crippen LogP contribution in [0.15, 0.2) is 47.2 Å². The molecule has 8 heteroatoms. The van der Waals surface area contributed by atoms with Gasteiger partial charge in [0, 0.05) is 5.56 Å². The third-order valence-electron chi connectivity index (χ3n) is 4.80. The van der Waals surface area contributed by atoms with Gasteiger partial charge in [-0.15, -0.1) is 0 Å². The highest BCUT2D eigenvalue weighted by molar-refractivity contribution is 7.07. The fraction of sp³-hybridized carbons (Fsp3) is 0.350. The topological polar surface area (TPSA) is 82.9 Å². The van der Waals surface area contributed by atoms with Crippen molar-refractivity contribution in [3.63, 3.8) is 0 Å². The van der Waals surface area contributed by atoms with Crippen molar-refractivity contribution < 1.29 is 19.3 Å². The normalized spacial score (nSPS) is 20.1.